The predicted molar refractivity (Wildman–Crippen MR) is 151 cm³/mol. The summed E-state index contributed by atoms with van der Waals surface area (Å²) >= 11 is 12.6. The van der Waals surface area contributed by atoms with Crippen LogP contribution in [0.3, 0.4) is 0 Å². The maximum atomic E-state index is 13.6. The minimum atomic E-state index is -0.0734. The number of nitrogens with zero attached hydrogens (tertiary/aromatic N) is 3. The molecule has 2 aromatic rings. The summed E-state index contributed by atoms with van der Waals surface area (Å²) in [5.41, 5.74) is 2.76. The third-order valence-electron chi connectivity index (χ3n) is 8.26. The van der Waals surface area contributed by atoms with Crippen LogP contribution < -0.4 is 10.2 Å². The second-order valence-corrected chi connectivity index (χ2v) is 11.3. The molecule has 9 heteroatoms. The van der Waals surface area contributed by atoms with Gasteiger partial charge in [-0.3, -0.25) is 9.59 Å². The maximum Gasteiger partial charge on any atom is 0.253 e. The second kappa shape index (κ2) is 12.2. The number of amides is 2. The molecule has 5 rings (SSSR count). The van der Waals surface area contributed by atoms with Crippen LogP contribution in [0.2, 0.25) is 10.0 Å². The number of ether oxygens (including phenoxy) is 1. The molecule has 7 nitrogen and oxygen atoms in total. The second-order valence-electron chi connectivity index (χ2n) is 10.5. The van der Waals surface area contributed by atoms with Crippen LogP contribution in [-0.4, -0.2) is 87.2 Å². The van der Waals surface area contributed by atoms with Gasteiger partial charge in [0.25, 0.3) is 5.91 Å². The van der Waals surface area contributed by atoms with Crippen molar-refractivity contribution >= 4 is 40.7 Å². The molecule has 0 aromatic heterocycles. The quantitative estimate of drug-likeness (QED) is 0.593. The third kappa shape index (κ3) is 5.96. The molecule has 3 saturated heterocycles. The number of piperidine rings is 2. The summed E-state index contributed by atoms with van der Waals surface area (Å²) in [6.07, 6.45) is 2.44. The van der Waals surface area contributed by atoms with E-state index in [1.54, 1.807) is 6.07 Å². The number of likely N-dealkylation sites (N-methyl/N-ethyl adjacent to an activating group) is 1. The highest BCUT2D eigenvalue weighted by Gasteiger charge is 2.38. The molecule has 0 spiro atoms. The Balaban J connectivity index is 1.35. The summed E-state index contributed by atoms with van der Waals surface area (Å²) in [7, 11) is 1.87. The lowest BCUT2D eigenvalue weighted by atomic mass is 9.84. The summed E-state index contributed by atoms with van der Waals surface area (Å²) in [4.78, 5) is 33.2. The van der Waals surface area contributed by atoms with Crippen molar-refractivity contribution in [1.29, 1.82) is 0 Å². The van der Waals surface area contributed by atoms with E-state index >= 15 is 0 Å². The first-order valence-corrected chi connectivity index (χ1v) is 14.3. The molecule has 0 saturated carbocycles. The van der Waals surface area contributed by atoms with Gasteiger partial charge in [-0.1, -0.05) is 29.3 Å². The zero-order valence-electron chi connectivity index (χ0n) is 21.9. The molecular formula is C29H36Cl2N4O3. The molecule has 3 aliphatic heterocycles. The van der Waals surface area contributed by atoms with Crippen LogP contribution in [0.4, 0.5) is 5.69 Å². The van der Waals surface area contributed by atoms with Gasteiger partial charge in [-0.25, -0.2) is 0 Å². The van der Waals surface area contributed by atoms with E-state index in [-0.39, 0.29) is 29.7 Å². The molecular weight excluding hydrogens is 523 g/mol. The van der Waals surface area contributed by atoms with Crippen molar-refractivity contribution in [3.8, 4) is 0 Å². The predicted octanol–water partition coefficient (Wildman–Crippen LogP) is 4.29. The van der Waals surface area contributed by atoms with E-state index in [0.29, 0.717) is 35.1 Å². The average molecular weight is 560 g/mol. The molecule has 38 heavy (non-hydrogen) atoms. The number of benzene rings is 2. The number of rotatable bonds is 5. The van der Waals surface area contributed by atoms with Gasteiger partial charge in [-0.05, 0) is 74.3 Å². The van der Waals surface area contributed by atoms with Crippen LogP contribution >= 0.6 is 23.2 Å². The SMILES string of the molecule is CN(C(=O)c1ccc(N2CCOCC2)cc1)[C@@H]1CCN(C(=O)C2CCNCC2)C[C@H]1c1ccc(Cl)c(Cl)c1. The smallest absolute Gasteiger partial charge is 0.253 e. The zero-order valence-corrected chi connectivity index (χ0v) is 23.4. The van der Waals surface area contributed by atoms with E-state index in [1.807, 2.05) is 53.2 Å². The number of carbonyl (C=O) groups excluding carboxylic acids is 2. The lowest BCUT2D eigenvalue weighted by Gasteiger charge is -2.44. The third-order valence-corrected chi connectivity index (χ3v) is 9.00. The molecule has 3 aliphatic rings. The molecule has 2 aromatic carbocycles. The van der Waals surface area contributed by atoms with Gasteiger partial charge in [0.2, 0.25) is 5.91 Å². The van der Waals surface area contributed by atoms with Crippen LogP contribution in [0, 0.1) is 5.92 Å². The molecule has 0 aliphatic carbocycles. The van der Waals surface area contributed by atoms with Crippen LogP contribution in [0.15, 0.2) is 42.5 Å². The standard InChI is InChI=1S/C29H36Cl2N4O3/c1-33(28(36)20-2-5-23(6-3-20)34-14-16-38-17-15-34)27-10-13-35(29(37)21-8-11-32-12-9-21)19-24(27)22-4-7-25(30)26(31)18-22/h2-7,18,21,24,27,32H,8-17,19H2,1H3/t24-,27+/m0/s1. The molecule has 2 amide bonds. The fourth-order valence-electron chi connectivity index (χ4n) is 5.99. The Morgan fingerprint density at radius 3 is 2.34 bits per heavy atom. The van der Waals surface area contributed by atoms with Gasteiger partial charge in [0.1, 0.15) is 0 Å². The minimum absolute atomic E-state index is 0.0216. The molecule has 204 valence electrons. The molecule has 0 unspecified atom stereocenters. The Hall–Kier alpha value is -2.32. The van der Waals surface area contributed by atoms with Crippen molar-refractivity contribution in [1.82, 2.24) is 15.1 Å². The summed E-state index contributed by atoms with van der Waals surface area (Å²) in [5, 5.41) is 4.32. The van der Waals surface area contributed by atoms with E-state index in [0.717, 1.165) is 63.5 Å². The highest BCUT2D eigenvalue weighted by molar-refractivity contribution is 6.42. The number of nitrogens with one attached hydrogen (secondary N) is 1. The number of carbonyl (C=O) groups is 2. The van der Waals surface area contributed by atoms with Gasteiger partial charge in [-0.15, -0.1) is 0 Å². The Labute approximate surface area is 235 Å². The van der Waals surface area contributed by atoms with Crippen molar-refractivity contribution in [3.63, 3.8) is 0 Å². The summed E-state index contributed by atoms with van der Waals surface area (Å²) in [5.74, 6) is 0.201. The van der Waals surface area contributed by atoms with Gasteiger partial charge in [0.15, 0.2) is 0 Å². The molecule has 1 N–H and O–H groups in total. The Bertz CT molecular complexity index is 1130. The minimum Gasteiger partial charge on any atom is -0.378 e. The van der Waals surface area contributed by atoms with E-state index in [9.17, 15) is 9.59 Å². The highest BCUT2D eigenvalue weighted by atomic mass is 35.5. The first kappa shape index (κ1) is 27.3. The topological polar surface area (TPSA) is 65.1 Å². The van der Waals surface area contributed by atoms with Crippen LogP contribution in [0.1, 0.15) is 41.1 Å². The van der Waals surface area contributed by atoms with Crippen molar-refractivity contribution in [2.75, 3.05) is 64.4 Å². The first-order valence-electron chi connectivity index (χ1n) is 13.6. The first-order chi connectivity index (χ1) is 18.4. The van der Waals surface area contributed by atoms with E-state index in [1.165, 1.54) is 0 Å². The van der Waals surface area contributed by atoms with E-state index < -0.39 is 0 Å². The fraction of sp³-hybridized carbons (Fsp3) is 0.517. The monoisotopic (exact) mass is 558 g/mol. The van der Waals surface area contributed by atoms with Crippen molar-refractivity contribution in [2.24, 2.45) is 5.92 Å². The van der Waals surface area contributed by atoms with Crippen LogP contribution in [-0.2, 0) is 9.53 Å². The molecule has 3 fully saturated rings. The summed E-state index contributed by atoms with van der Waals surface area (Å²) in [6, 6.07) is 13.4. The number of hydrogen-bond donors (Lipinski definition) is 1. The van der Waals surface area contributed by atoms with Gasteiger partial charge in [0, 0.05) is 62.4 Å². The molecule has 0 bridgehead atoms. The lowest BCUT2D eigenvalue weighted by Crippen LogP contribution is -2.53. The van der Waals surface area contributed by atoms with Crippen molar-refractivity contribution in [2.45, 2.75) is 31.2 Å². The Morgan fingerprint density at radius 1 is 0.947 bits per heavy atom. The largest absolute Gasteiger partial charge is 0.378 e. The van der Waals surface area contributed by atoms with Crippen molar-refractivity contribution in [3.05, 3.63) is 63.6 Å². The van der Waals surface area contributed by atoms with E-state index in [4.69, 9.17) is 27.9 Å². The zero-order chi connectivity index (χ0) is 26.6. The van der Waals surface area contributed by atoms with Gasteiger partial charge < -0.3 is 24.8 Å². The Kier molecular flexibility index (Phi) is 8.78. The maximum absolute atomic E-state index is 13.6. The number of morpholine rings is 1. The van der Waals surface area contributed by atoms with Crippen molar-refractivity contribution < 1.29 is 14.3 Å². The molecule has 2 atom stereocenters. The van der Waals surface area contributed by atoms with Gasteiger partial charge >= 0.3 is 0 Å². The normalized spacial score (nSPS) is 22.8. The molecule has 3 heterocycles. The average Bonchev–Trinajstić information content (AvgIpc) is 2.98. The fourth-order valence-corrected chi connectivity index (χ4v) is 6.30. The van der Waals surface area contributed by atoms with Crippen LogP contribution in [0.25, 0.3) is 0 Å². The molecule has 0 radical (unpaired) electrons. The van der Waals surface area contributed by atoms with Crippen LogP contribution in [0.5, 0.6) is 0 Å². The Morgan fingerprint density at radius 2 is 1.66 bits per heavy atom. The number of hydrogen-bond acceptors (Lipinski definition) is 5. The summed E-state index contributed by atoms with van der Waals surface area (Å²) < 4.78 is 5.45. The number of anilines is 1. The summed E-state index contributed by atoms with van der Waals surface area (Å²) in [6.45, 7) is 6.10. The number of likely N-dealkylation sites (tertiary alicyclic amines) is 1. The van der Waals surface area contributed by atoms with Gasteiger partial charge in [-0.2, -0.15) is 0 Å². The van der Waals surface area contributed by atoms with E-state index in [2.05, 4.69) is 10.2 Å². The number of halogens is 2. The highest BCUT2D eigenvalue weighted by Crippen LogP contribution is 2.35. The lowest BCUT2D eigenvalue weighted by molar-refractivity contribution is -0.138. The van der Waals surface area contributed by atoms with Gasteiger partial charge in [0.05, 0.1) is 23.3 Å².